The van der Waals surface area contributed by atoms with Gasteiger partial charge in [0.05, 0.1) is 114 Å². The van der Waals surface area contributed by atoms with Crippen molar-refractivity contribution < 1.29 is 91.3 Å². The Bertz CT molecular complexity index is 6430. The van der Waals surface area contributed by atoms with Gasteiger partial charge in [-0.2, -0.15) is 24.9 Å². The van der Waals surface area contributed by atoms with Crippen molar-refractivity contribution in [2.75, 3.05) is 101 Å². The molecule has 14 rings (SSSR count). The lowest BCUT2D eigenvalue weighted by Crippen LogP contribution is -2.15. The first kappa shape index (κ1) is 97.8. The largest absolute Gasteiger partial charge is 0.506 e. The van der Waals surface area contributed by atoms with Crippen molar-refractivity contribution in [2.24, 2.45) is 0 Å². The average Bonchev–Trinajstić information content (AvgIpc) is 0.786. The van der Waals surface area contributed by atoms with Gasteiger partial charge in [0.15, 0.2) is 5.16 Å². The van der Waals surface area contributed by atoms with Gasteiger partial charge in [-0.15, -0.1) is 47.3 Å². The summed E-state index contributed by atoms with van der Waals surface area (Å²) < 4.78 is 143. The Balaban J connectivity index is 0.000000213. The minimum absolute atomic E-state index is 0.0216. The van der Waals surface area contributed by atoms with Crippen LogP contribution in [-0.4, -0.2) is 218 Å². The number of thioether (sulfide) groups is 1. The number of hydrogen-bond acceptors (Lipinski definition) is 35. The number of methoxy groups -OCH3 is 10. The zero-order valence-corrected chi connectivity index (χ0v) is 77.7. The van der Waals surface area contributed by atoms with Crippen molar-refractivity contribution in [1.29, 1.82) is 0 Å². The van der Waals surface area contributed by atoms with Crippen LogP contribution in [0, 0.1) is 4.77 Å². The molecule has 0 aliphatic carbocycles. The molecular formula is C71H72BBr3ClIN14O22S6. The van der Waals surface area contributed by atoms with Crippen LogP contribution in [0.1, 0.15) is 0 Å². The number of alkyl halides is 1. The number of rotatable bonds is 15. The van der Waals surface area contributed by atoms with Crippen LogP contribution in [0.25, 0.3) is 76.3 Å². The number of para-hydroxylation sites is 7. The highest BCUT2D eigenvalue weighted by Crippen LogP contribution is 2.35. The Hall–Kier alpha value is -9.99. The van der Waals surface area contributed by atoms with Gasteiger partial charge >= 0.3 is 8.87 Å². The van der Waals surface area contributed by atoms with Crippen molar-refractivity contribution in [2.45, 2.75) is 25.8 Å². The molecule has 0 unspecified atom stereocenters. The summed E-state index contributed by atoms with van der Waals surface area (Å²) in [4.78, 5) is 75.7. The average molecular weight is 2080 g/mol. The number of benzene rings is 7. The van der Waals surface area contributed by atoms with E-state index in [1.54, 1.807) is 96.2 Å². The van der Waals surface area contributed by atoms with Crippen molar-refractivity contribution in [1.82, 2.24) is 69.8 Å². The lowest BCUT2D eigenvalue weighted by atomic mass is 10.2. The fourth-order valence-electron chi connectivity index (χ4n) is 9.97. The van der Waals surface area contributed by atoms with Gasteiger partial charge in [-0.1, -0.05) is 82.9 Å². The molecule has 0 saturated carbocycles. The fraction of sp³-hybridized carbons (Fsp3) is 0.211. The van der Waals surface area contributed by atoms with Crippen molar-refractivity contribution >= 4 is 223 Å². The molecule has 0 aliphatic rings. The summed E-state index contributed by atoms with van der Waals surface area (Å²) in [6.07, 6.45) is 6.29. The van der Waals surface area contributed by atoms with E-state index in [2.05, 4.69) is 140 Å². The molecule has 0 atom stereocenters. The molecule has 0 radical (unpaired) electrons. The third-order valence-electron chi connectivity index (χ3n) is 15.0. The molecule has 0 aliphatic heterocycles. The highest BCUT2D eigenvalue weighted by molar-refractivity contribution is 14.1. The Kier molecular flexibility index (Phi) is 36.9. The van der Waals surface area contributed by atoms with Crippen LogP contribution in [0.4, 0.5) is 0 Å². The van der Waals surface area contributed by atoms with Crippen molar-refractivity contribution in [3.8, 4) is 69.6 Å². The number of H-pyrrole nitrogens is 3. The standard InChI is InChI=1S/C11H12N2O4S.C11H12N2O2S.C10H9ClN2O4S.C10H10N2O3.C10H10N2O2S.C9H8N2O4S.C9H8N2O3S.CH3I.BBr3/c1-16-8-6-4-5-7-9(8)12-11(18(3,14)15)13-10(7)17-2;1-14-8-6-4-5-7-9(8)12-11(16-3)13-10(7)15-2;1-16-7-5-3-4-6-8(7)12-10(18(11,14)15)13-9(6)17-2;1-14-7-5-3-4-6-8(7)11-10(13)12-9(6)15-2;1-13-7-5-3-4-6-8(7)11-10(15)12-9(6)14-2;1-16(14,15)9-10-7-5(8(13)11-9)3-2-4-6(7)12;1-15(13,14)9-10-5-6-3-2-4-7(12)8(6)11-9;1-2;2-1(3)4/h4-6H,1-3H3;4-6H,1-3H3;3-5H,1-2H3;3-5H,1-2H3,(H,11,12,13);3-5H,1-2H3,(H,11,12,15);2-4,12H,1H3,(H,10,11,13);2-5,12H,1H3;1H3;. The van der Waals surface area contributed by atoms with Crippen LogP contribution in [0.15, 0.2) is 169 Å². The van der Waals surface area contributed by atoms with Gasteiger partial charge in [-0.05, 0) is 102 Å². The number of sulfone groups is 3. The third kappa shape index (κ3) is 26.3. The molecule has 0 bridgehead atoms. The molecule has 632 valence electrons. The molecular weight excluding hydrogens is 2010 g/mol. The van der Waals surface area contributed by atoms with Crippen LogP contribution < -0.4 is 58.6 Å². The number of aromatic nitrogens is 14. The quantitative estimate of drug-likeness (QED) is 0.0121. The van der Waals surface area contributed by atoms with E-state index in [9.17, 15) is 53.5 Å². The molecule has 7 heterocycles. The maximum atomic E-state index is 11.5. The molecule has 119 heavy (non-hydrogen) atoms. The molecule has 48 heteroatoms. The number of phenolic OH excluding ortho intramolecular Hbond substituents is 2. The van der Waals surface area contributed by atoms with Crippen LogP contribution in [0.2, 0.25) is 0 Å². The number of fused-ring (bicyclic) bond motifs is 7. The second-order valence-corrected chi connectivity index (χ2v) is 38.4. The van der Waals surface area contributed by atoms with Gasteiger partial charge in [-0.25, -0.2) is 68.4 Å². The Labute approximate surface area is 732 Å². The predicted molar refractivity (Wildman–Crippen MR) is 475 cm³/mol. The monoisotopic (exact) mass is 2070 g/mol. The molecule has 14 aromatic rings. The zero-order valence-electron chi connectivity index (χ0n) is 65.1. The van der Waals surface area contributed by atoms with E-state index in [-0.39, 0.29) is 53.2 Å². The summed E-state index contributed by atoms with van der Waals surface area (Å²) in [5.74, 6) is 4.35. The highest BCUT2D eigenvalue weighted by atomic mass is 127. The van der Waals surface area contributed by atoms with E-state index >= 15 is 0 Å². The van der Waals surface area contributed by atoms with E-state index in [0.29, 0.717) is 77.5 Å². The maximum Gasteiger partial charge on any atom is 0.369 e. The zero-order chi connectivity index (χ0) is 88.4. The second-order valence-electron chi connectivity index (χ2n) is 22.6. The van der Waals surface area contributed by atoms with E-state index < -0.39 is 60.1 Å². The second kappa shape index (κ2) is 44.9. The Morgan fingerprint density at radius 3 is 1.20 bits per heavy atom. The SMILES string of the molecule is BrB(Br)Br.CI.COc1nc(=O)[nH]c2c(OC)cccc12.COc1nc(=S)[nH]c2c(OC)cccc12.COc1nc(S(=O)(=O)Cl)nc2c(OC)cccc12.COc1nc(S(C)(=O)=O)nc2c(OC)cccc12.COc1nc(SC)nc2c(OC)cccc12.CS(=O)(=O)c1nc2c(O)cccc2c(=O)[nH]1.CS(=O)(=O)c1ncc2cccc(O)c2n1. The van der Waals surface area contributed by atoms with Crippen LogP contribution in [0.3, 0.4) is 0 Å². The summed E-state index contributed by atoms with van der Waals surface area (Å²) in [7, 11) is 5.80. The van der Waals surface area contributed by atoms with Gasteiger partial charge in [0, 0.05) is 41.0 Å². The summed E-state index contributed by atoms with van der Waals surface area (Å²) >= 11 is 17.9. The molecule has 7 aromatic heterocycles. The minimum atomic E-state index is -4.04. The van der Waals surface area contributed by atoms with Gasteiger partial charge in [0.25, 0.3) is 24.9 Å². The minimum Gasteiger partial charge on any atom is -0.506 e. The maximum absolute atomic E-state index is 11.5. The first-order valence-electron chi connectivity index (χ1n) is 32.8. The molecule has 0 amide bonds. The summed E-state index contributed by atoms with van der Waals surface area (Å²) in [6, 6.07) is 36.0. The first-order chi connectivity index (χ1) is 56.4. The van der Waals surface area contributed by atoms with Gasteiger partial charge in [0.2, 0.25) is 74.0 Å². The topological polar surface area (TPSA) is 493 Å². The van der Waals surface area contributed by atoms with Crippen LogP contribution in [0.5, 0.6) is 69.6 Å². The summed E-state index contributed by atoms with van der Waals surface area (Å²) in [5, 5.41) is 22.4. The Morgan fingerprint density at radius 1 is 0.412 bits per heavy atom. The predicted octanol–water partition coefficient (Wildman–Crippen LogP) is 12.2. The van der Waals surface area contributed by atoms with E-state index in [1.807, 2.05) is 53.7 Å². The number of nitrogens with one attached hydrogen (secondary N) is 3. The number of hydrogen-bond donors (Lipinski definition) is 5. The lowest BCUT2D eigenvalue weighted by molar-refractivity contribution is 0.395. The number of aromatic hydroxyl groups is 2. The molecule has 0 fully saturated rings. The van der Waals surface area contributed by atoms with E-state index in [0.717, 1.165) is 57.5 Å². The third-order valence-corrected chi connectivity index (χ3v) is 19.4. The smallest absolute Gasteiger partial charge is 0.369 e. The number of ether oxygens (including phenoxy) is 10. The van der Waals surface area contributed by atoms with Crippen LogP contribution >= 0.6 is 105 Å². The molecule has 7 aromatic carbocycles. The van der Waals surface area contributed by atoms with Crippen molar-refractivity contribution in [3.05, 3.63) is 159 Å². The fourth-order valence-corrected chi connectivity index (χ4v) is 12.7. The van der Waals surface area contributed by atoms with Gasteiger partial charge in [0.1, 0.15) is 67.8 Å². The highest BCUT2D eigenvalue weighted by Gasteiger charge is 2.23. The van der Waals surface area contributed by atoms with Gasteiger partial charge < -0.3 is 67.5 Å². The number of aromatic amines is 3. The van der Waals surface area contributed by atoms with Crippen LogP contribution in [-0.2, 0) is 38.6 Å². The summed E-state index contributed by atoms with van der Waals surface area (Å²) in [6.45, 7) is 0. The summed E-state index contributed by atoms with van der Waals surface area (Å²) in [5.41, 5.74) is 2.08. The molecule has 36 nitrogen and oxygen atoms in total. The number of halogens is 5. The molecule has 0 saturated heterocycles. The van der Waals surface area contributed by atoms with E-state index in [4.69, 9.17) is 70.3 Å². The van der Waals surface area contributed by atoms with Gasteiger partial charge in [-0.3, -0.25) is 9.78 Å². The van der Waals surface area contributed by atoms with Crippen molar-refractivity contribution in [3.63, 3.8) is 0 Å². The number of nitrogens with zero attached hydrogens (tertiary/aromatic N) is 11. The normalized spacial score (nSPS) is 10.8. The molecule has 5 N–H and O–H groups in total. The van der Waals surface area contributed by atoms with E-state index in [1.165, 1.54) is 77.8 Å². The number of phenols is 2. The molecule has 0 spiro atoms. The Morgan fingerprint density at radius 2 is 0.773 bits per heavy atom. The first-order valence-corrected chi connectivity index (χ1v) is 47.3. The lowest BCUT2D eigenvalue weighted by Gasteiger charge is -2.09.